The Labute approximate surface area is 199 Å². The van der Waals surface area contributed by atoms with E-state index in [-0.39, 0.29) is 36.8 Å². The molecule has 0 atom stereocenters. The molecule has 10 heteroatoms. The summed E-state index contributed by atoms with van der Waals surface area (Å²) in [6, 6.07) is 20.1. The third kappa shape index (κ3) is 5.72. The minimum absolute atomic E-state index is 0.129. The van der Waals surface area contributed by atoms with Gasteiger partial charge in [-0.1, -0.05) is 18.2 Å². The SMILES string of the molecule is N#Cc1cccc(COc2cccc(NC(=O)CCCn3c(=O)oc4cc([N+](=O)[O-])ccc43)c2)c1. The fraction of sp³-hybridized carbons (Fsp3) is 0.160. The van der Waals surface area contributed by atoms with Crippen molar-refractivity contribution in [3.8, 4) is 11.8 Å². The summed E-state index contributed by atoms with van der Waals surface area (Å²) < 4.78 is 12.2. The van der Waals surface area contributed by atoms with Crippen molar-refractivity contribution in [1.82, 2.24) is 4.57 Å². The summed E-state index contributed by atoms with van der Waals surface area (Å²) in [5.74, 6) is -0.304. The van der Waals surface area contributed by atoms with Crippen LogP contribution in [-0.4, -0.2) is 15.4 Å². The summed E-state index contributed by atoms with van der Waals surface area (Å²) in [7, 11) is 0. The first kappa shape index (κ1) is 23.3. The molecule has 10 nitrogen and oxygen atoms in total. The van der Waals surface area contributed by atoms with Gasteiger partial charge in [-0.2, -0.15) is 5.26 Å². The molecule has 0 spiro atoms. The second-order valence-corrected chi connectivity index (χ2v) is 7.71. The lowest BCUT2D eigenvalue weighted by atomic mass is 10.1. The molecule has 0 aliphatic rings. The summed E-state index contributed by atoms with van der Waals surface area (Å²) in [6.07, 6.45) is 0.515. The Morgan fingerprint density at radius 3 is 2.77 bits per heavy atom. The van der Waals surface area contributed by atoms with E-state index < -0.39 is 10.7 Å². The number of carbonyl (C=O) groups is 1. The Bertz CT molecular complexity index is 1500. The van der Waals surface area contributed by atoms with Crippen LogP contribution in [0.25, 0.3) is 11.1 Å². The van der Waals surface area contributed by atoms with Gasteiger partial charge in [0, 0.05) is 30.8 Å². The van der Waals surface area contributed by atoms with E-state index >= 15 is 0 Å². The number of nitriles is 1. The van der Waals surface area contributed by atoms with Gasteiger partial charge in [0.15, 0.2) is 5.58 Å². The van der Waals surface area contributed by atoms with E-state index in [0.717, 1.165) is 5.56 Å². The monoisotopic (exact) mass is 472 g/mol. The zero-order valence-electron chi connectivity index (χ0n) is 18.5. The number of nitro groups is 1. The molecule has 0 aliphatic carbocycles. The van der Waals surface area contributed by atoms with Gasteiger partial charge in [0.1, 0.15) is 12.4 Å². The van der Waals surface area contributed by atoms with Crippen LogP contribution in [0.15, 0.2) is 75.9 Å². The molecule has 0 unspecified atom stereocenters. The number of aryl methyl sites for hydroxylation is 1. The number of fused-ring (bicyclic) bond motifs is 1. The van der Waals surface area contributed by atoms with Crippen molar-refractivity contribution in [2.45, 2.75) is 26.0 Å². The molecule has 3 aromatic carbocycles. The lowest BCUT2D eigenvalue weighted by Crippen LogP contribution is -2.17. The maximum atomic E-state index is 12.4. The second kappa shape index (κ2) is 10.4. The van der Waals surface area contributed by atoms with Crippen LogP contribution >= 0.6 is 0 Å². The van der Waals surface area contributed by atoms with E-state index in [0.29, 0.717) is 28.9 Å². The minimum atomic E-state index is -0.633. The van der Waals surface area contributed by atoms with E-state index in [2.05, 4.69) is 11.4 Å². The molecule has 4 aromatic rings. The quantitative estimate of drug-likeness (QED) is 0.282. The highest BCUT2D eigenvalue weighted by Gasteiger charge is 2.14. The standard InChI is InChI=1S/C25H20N4O6/c26-15-17-4-1-5-18(12-17)16-34-21-7-2-6-19(13-21)27-24(30)8-3-11-28-22-10-9-20(29(32)33)14-23(22)35-25(28)31/h1-2,4-7,9-10,12-14H,3,8,11,16H2,(H,27,30). The van der Waals surface area contributed by atoms with Crippen LogP contribution in [0.1, 0.15) is 24.0 Å². The van der Waals surface area contributed by atoms with Crippen LogP contribution in [0, 0.1) is 21.4 Å². The third-order valence-electron chi connectivity index (χ3n) is 5.23. The summed E-state index contributed by atoms with van der Waals surface area (Å²) in [4.78, 5) is 34.9. The molecule has 1 aromatic heterocycles. The first-order valence-corrected chi connectivity index (χ1v) is 10.7. The van der Waals surface area contributed by atoms with Crippen LogP contribution in [0.4, 0.5) is 11.4 Å². The Morgan fingerprint density at radius 1 is 1.14 bits per heavy atom. The number of carbonyl (C=O) groups excluding carboxylic acids is 1. The molecule has 0 saturated heterocycles. The predicted octanol–water partition coefficient (Wildman–Crippen LogP) is 4.37. The number of rotatable bonds is 9. The number of hydrogen-bond acceptors (Lipinski definition) is 7. The third-order valence-corrected chi connectivity index (χ3v) is 5.23. The topological polar surface area (TPSA) is 140 Å². The highest BCUT2D eigenvalue weighted by Crippen LogP contribution is 2.21. The van der Waals surface area contributed by atoms with Crippen molar-refractivity contribution in [1.29, 1.82) is 5.26 Å². The van der Waals surface area contributed by atoms with E-state index in [9.17, 15) is 19.7 Å². The minimum Gasteiger partial charge on any atom is -0.489 e. The molecule has 0 fully saturated rings. The second-order valence-electron chi connectivity index (χ2n) is 7.71. The van der Waals surface area contributed by atoms with Gasteiger partial charge in [-0.15, -0.1) is 0 Å². The van der Waals surface area contributed by atoms with E-state index in [1.54, 1.807) is 42.5 Å². The van der Waals surface area contributed by atoms with Crippen LogP contribution < -0.4 is 15.8 Å². The van der Waals surface area contributed by atoms with Crippen molar-refractivity contribution in [2.24, 2.45) is 0 Å². The Hall–Kier alpha value is -4.91. The smallest absolute Gasteiger partial charge is 0.419 e. The van der Waals surface area contributed by atoms with Gasteiger partial charge in [-0.25, -0.2) is 4.79 Å². The fourth-order valence-corrected chi connectivity index (χ4v) is 3.56. The number of anilines is 1. The van der Waals surface area contributed by atoms with Crippen LogP contribution in [0.3, 0.4) is 0 Å². The number of benzene rings is 3. The number of oxazole rings is 1. The Kier molecular flexibility index (Phi) is 6.88. The van der Waals surface area contributed by atoms with Crippen molar-refractivity contribution < 1.29 is 18.9 Å². The molecule has 0 aliphatic heterocycles. The summed E-state index contributed by atoms with van der Waals surface area (Å²) >= 11 is 0. The van der Waals surface area contributed by atoms with Gasteiger partial charge in [-0.05, 0) is 42.3 Å². The van der Waals surface area contributed by atoms with E-state index in [1.165, 1.54) is 22.8 Å². The van der Waals surface area contributed by atoms with Crippen molar-refractivity contribution in [3.63, 3.8) is 0 Å². The van der Waals surface area contributed by atoms with Crippen molar-refractivity contribution in [2.75, 3.05) is 5.32 Å². The molecule has 0 radical (unpaired) electrons. The molecule has 0 bridgehead atoms. The molecule has 1 heterocycles. The van der Waals surface area contributed by atoms with Crippen LogP contribution in [0.5, 0.6) is 5.75 Å². The molecule has 0 saturated carbocycles. The Balaban J connectivity index is 1.31. The summed E-state index contributed by atoms with van der Waals surface area (Å²) in [6.45, 7) is 0.505. The van der Waals surface area contributed by atoms with Gasteiger partial charge in [0.25, 0.3) is 5.69 Å². The lowest BCUT2D eigenvalue weighted by Gasteiger charge is -2.10. The zero-order valence-corrected chi connectivity index (χ0v) is 18.5. The lowest BCUT2D eigenvalue weighted by molar-refractivity contribution is -0.384. The average molecular weight is 472 g/mol. The average Bonchev–Trinajstić information content (AvgIpc) is 3.17. The molecule has 35 heavy (non-hydrogen) atoms. The Morgan fingerprint density at radius 2 is 1.97 bits per heavy atom. The predicted molar refractivity (Wildman–Crippen MR) is 127 cm³/mol. The highest BCUT2D eigenvalue weighted by atomic mass is 16.6. The van der Waals surface area contributed by atoms with Gasteiger partial charge in [-0.3, -0.25) is 19.5 Å². The normalized spacial score (nSPS) is 10.6. The first-order chi connectivity index (χ1) is 16.9. The number of ether oxygens (including phenoxy) is 1. The molecule has 4 rings (SSSR count). The summed E-state index contributed by atoms with van der Waals surface area (Å²) in [5.41, 5.74) is 2.38. The number of non-ortho nitro benzene ring substituents is 1. The van der Waals surface area contributed by atoms with Gasteiger partial charge in [0.05, 0.1) is 28.1 Å². The number of nitro benzene ring substituents is 1. The number of nitrogens with zero attached hydrogens (tertiary/aromatic N) is 3. The maximum Gasteiger partial charge on any atom is 0.419 e. The van der Waals surface area contributed by atoms with Crippen molar-refractivity contribution >= 4 is 28.4 Å². The molecule has 176 valence electrons. The van der Waals surface area contributed by atoms with Crippen LogP contribution in [-0.2, 0) is 17.9 Å². The van der Waals surface area contributed by atoms with Crippen LogP contribution in [0.2, 0.25) is 0 Å². The summed E-state index contributed by atoms with van der Waals surface area (Å²) in [5, 5.41) is 22.7. The number of nitrogens with one attached hydrogen (secondary N) is 1. The van der Waals surface area contributed by atoms with Gasteiger partial charge in [0.2, 0.25) is 5.91 Å². The van der Waals surface area contributed by atoms with Gasteiger partial charge < -0.3 is 14.5 Å². The molecular weight excluding hydrogens is 452 g/mol. The molecular formula is C25H20N4O6. The largest absolute Gasteiger partial charge is 0.489 e. The molecule has 1 N–H and O–H groups in total. The highest BCUT2D eigenvalue weighted by molar-refractivity contribution is 5.90. The van der Waals surface area contributed by atoms with E-state index in [4.69, 9.17) is 14.4 Å². The zero-order chi connectivity index (χ0) is 24.8. The van der Waals surface area contributed by atoms with Gasteiger partial charge >= 0.3 is 5.76 Å². The number of hydrogen-bond donors (Lipinski definition) is 1. The molecule has 1 amide bonds. The number of amides is 1. The number of aromatic nitrogens is 1. The van der Waals surface area contributed by atoms with Crippen molar-refractivity contribution in [3.05, 3.63) is 98.5 Å². The first-order valence-electron chi connectivity index (χ1n) is 10.7. The fourth-order valence-electron chi connectivity index (χ4n) is 3.56. The van der Waals surface area contributed by atoms with E-state index in [1.807, 2.05) is 6.07 Å². The maximum absolute atomic E-state index is 12.4.